The molecule has 2 aliphatic rings. The van der Waals surface area contributed by atoms with Gasteiger partial charge < -0.3 is 9.64 Å². The molecule has 2 aromatic rings. The minimum Gasteiger partial charge on any atom is -0.495 e. The molecule has 1 heterocycles. The summed E-state index contributed by atoms with van der Waals surface area (Å²) in [7, 11) is -2.31. The average molecular weight is 455 g/mol. The van der Waals surface area contributed by atoms with E-state index < -0.39 is 21.8 Å². The topological polar surface area (TPSA) is 49.9 Å². The SMILES string of the molecule is COc1cc2c(cc1S(=O)(=O)N1CCN(c3cccc(C(F)(F)F)c3)CC1)CCCC2. The number of anilines is 1. The second kappa shape index (κ2) is 8.35. The van der Waals surface area contributed by atoms with E-state index >= 15 is 0 Å². The number of methoxy groups -OCH3 is 1. The van der Waals surface area contributed by atoms with Gasteiger partial charge in [-0.2, -0.15) is 17.5 Å². The lowest BCUT2D eigenvalue weighted by Crippen LogP contribution is -2.48. The Morgan fingerprint density at radius 1 is 0.935 bits per heavy atom. The Labute approximate surface area is 180 Å². The highest BCUT2D eigenvalue weighted by atomic mass is 32.2. The first-order valence-electron chi connectivity index (χ1n) is 10.3. The number of aryl methyl sites for hydroxylation is 2. The molecule has 1 fully saturated rings. The number of alkyl halides is 3. The number of ether oxygens (including phenoxy) is 1. The number of hydrogen-bond donors (Lipinski definition) is 0. The van der Waals surface area contributed by atoms with E-state index in [1.54, 1.807) is 17.0 Å². The van der Waals surface area contributed by atoms with Gasteiger partial charge in [-0.1, -0.05) is 6.07 Å². The molecule has 0 spiro atoms. The van der Waals surface area contributed by atoms with Crippen LogP contribution in [0.4, 0.5) is 18.9 Å². The first kappa shape index (κ1) is 22.0. The van der Waals surface area contributed by atoms with Gasteiger partial charge in [0.15, 0.2) is 0 Å². The minimum absolute atomic E-state index is 0.170. The van der Waals surface area contributed by atoms with Crippen LogP contribution in [0.25, 0.3) is 0 Å². The van der Waals surface area contributed by atoms with E-state index in [1.807, 2.05) is 6.07 Å². The molecule has 0 radical (unpaired) electrons. The Kier molecular flexibility index (Phi) is 5.91. The molecule has 168 valence electrons. The number of nitrogens with zero attached hydrogens (tertiary/aromatic N) is 2. The van der Waals surface area contributed by atoms with Crippen molar-refractivity contribution in [2.24, 2.45) is 0 Å². The van der Waals surface area contributed by atoms with Gasteiger partial charge in [-0.25, -0.2) is 8.42 Å². The molecule has 0 atom stereocenters. The molecule has 2 aromatic carbocycles. The molecule has 31 heavy (non-hydrogen) atoms. The van der Waals surface area contributed by atoms with Crippen molar-refractivity contribution in [3.63, 3.8) is 0 Å². The second-order valence-electron chi connectivity index (χ2n) is 7.92. The second-order valence-corrected chi connectivity index (χ2v) is 9.82. The minimum atomic E-state index is -4.41. The van der Waals surface area contributed by atoms with Crippen molar-refractivity contribution in [2.45, 2.75) is 36.8 Å². The fourth-order valence-electron chi connectivity index (χ4n) is 4.31. The van der Waals surface area contributed by atoms with Crippen molar-refractivity contribution in [3.8, 4) is 5.75 Å². The van der Waals surface area contributed by atoms with Gasteiger partial charge in [0.25, 0.3) is 0 Å². The van der Waals surface area contributed by atoms with Crippen LogP contribution in [0.1, 0.15) is 29.5 Å². The van der Waals surface area contributed by atoms with Crippen LogP contribution in [0.2, 0.25) is 0 Å². The number of benzene rings is 2. The lowest BCUT2D eigenvalue weighted by Gasteiger charge is -2.36. The number of hydrogen-bond acceptors (Lipinski definition) is 4. The molecular weight excluding hydrogens is 429 g/mol. The van der Waals surface area contributed by atoms with Crippen molar-refractivity contribution in [2.75, 3.05) is 38.2 Å². The van der Waals surface area contributed by atoms with Gasteiger partial charge in [-0.05, 0) is 67.1 Å². The van der Waals surface area contributed by atoms with Crippen molar-refractivity contribution in [1.82, 2.24) is 4.31 Å². The van der Waals surface area contributed by atoms with Crippen molar-refractivity contribution in [3.05, 3.63) is 53.1 Å². The average Bonchev–Trinajstić information content (AvgIpc) is 2.77. The summed E-state index contributed by atoms with van der Waals surface area (Å²) in [4.78, 5) is 1.95. The number of rotatable bonds is 4. The molecule has 0 bridgehead atoms. The summed E-state index contributed by atoms with van der Waals surface area (Å²) in [6.45, 7) is 1.01. The zero-order chi connectivity index (χ0) is 22.2. The predicted molar refractivity (Wildman–Crippen MR) is 112 cm³/mol. The maximum atomic E-state index is 13.4. The van der Waals surface area contributed by atoms with Crippen LogP contribution in [0.15, 0.2) is 41.3 Å². The molecule has 0 amide bonds. The summed E-state index contributed by atoms with van der Waals surface area (Å²) < 4.78 is 72.6. The van der Waals surface area contributed by atoms with Crippen molar-refractivity contribution < 1.29 is 26.3 Å². The van der Waals surface area contributed by atoms with E-state index in [0.29, 0.717) is 24.5 Å². The van der Waals surface area contributed by atoms with Gasteiger partial charge in [0, 0.05) is 31.9 Å². The third kappa shape index (κ3) is 4.39. The Morgan fingerprint density at radius 2 is 1.58 bits per heavy atom. The van der Waals surface area contributed by atoms with Crippen molar-refractivity contribution >= 4 is 15.7 Å². The number of fused-ring (bicyclic) bond motifs is 1. The fraction of sp³-hybridized carbons (Fsp3) is 0.455. The standard InChI is InChI=1S/C22H25F3N2O3S/c1-30-20-13-16-5-2-3-6-17(16)14-21(20)31(28,29)27-11-9-26(10-12-27)19-8-4-7-18(15-19)22(23,24)25/h4,7-8,13-15H,2-3,5-6,9-12H2,1H3. The summed E-state index contributed by atoms with van der Waals surface area (Å²) >= 11 is 0. The van der Waals surface area contributed by atoms with Gasteiger partial charge >= 0.3 is 6.18 Å². The Morgan fingerprint density at radius 3 is 2.19 bits per heavy atom. The molecule has 9 heteroatoms. The zero-order valence-corrected chi connectivity index (χ0v) is 18.1. The molecular formula is C22H25F3N2O3S. The van der Waals surface area contributed by atoms with E-state index in [1.165, 1.54) is 17.5 Å². The van der Waals surface area contributed by atoms with Crippen LogP contribution >= 0.6 is 0 Å². The lowest BCUT2D eigenvalue weighted by atomic mass is 9.92. The third-order valence-corrected chi connectivity index (χ3v) is 7.94. The van der Waals surface area contributed by atoms with E-state index in [2.05, 4.69) is 0 Å². The molecule has 0 unspecified atom stereocenters. The molecule has 0 saturated carbocycles. The summed E-state index contributed by atoms with van der Waals surface area (Å²) in [5.41, 5.74) is 1.92. The normalized spacial score (nSPS) is 18.0. The number of halogens is 3. The molecule has 1 aliphatic carbocycles. The quantitative estimate of drug-likeness (QED) is 0.698. The Hall–Kier alpha value is -2.26. The Balaban J connectivity index is 1.54. The lowest BCUT2D eigenvalue weighted by molar-refractivity contribution is -0.137. The largest absolute Gasteiger partial charge is 0.495 e. The highest BCUT2D eigenvalue weighted by Crippen LogP contribution is 2.35. The number of piperazine rings is 1. The van der Waals surface area contributed by atoms with Crippen LogP contribution in [-0.4, -0.2) is 46.0 Å². The van der Waals surface area contributed by atoms with E-state index in [4.69, 9.17) is 4.74 Å². The molecule has 5 nitrogen and oxygen atoms in total. The predicted octanol–water partition coefficient (Wildman–Crippen LogP) is 4.10. The highest BCUT2D eigenvalue weighted by Gasteiger charge is 2.34. The highest BCUT2D eigenvalue weighted by molar-refractivity contribution is 7.89. The third-order valence-electron chi connectivity index (χ3n) is 6.02. The number of sulfonamides is 1. The zero-order valence-electron chi connectivity index (χ0n) is 17.3. The van der Waals surface area contributed by atoms with Crippen LogP contribution in [0, 0.1) is 0 Å². The summed E-state index contributed by atoms with van der Waals surface area (Å²) in [5, 5.41) is 0. The van der Waals surface area contributed by atoms with Gasteiger partial charge in [0.1, 0.15) is 10.6 Å². The first-order valence-corrected chi connectivity index (χ1v) is 11.8. The van der Waals surface area contributed by atoms with E-state index in [9.17, 15) is 21.6 Å². The molecule has 4 rings (SSSR count). The van der Waals surface area contributed by atoms with Crippen LogP contribution in [0.3, 0.4) is 0 Å². The van der Waals surface area contributed by atoms with Gasteiger partial charge in [-0.3, -0.25) is 0 Å². The summed E-state index contributed by atoms with van der Waals surface area (Å²) in [6.07, 6.45) is -0.523. The first-order chi connectivity index (χ1) is 14.7. The molecule has 1 aliphatic heterocycles. The molecule has 1 saturated heterocycles. The van der Waals surface area contributed by atoms with Crippen LogP contribution in [0.5, 0.6) is 5.75 Å². The van der Waals surface area contributed by atoms with E-state index in [0.717, 1.165) is 48.9 Å². The maximum absolute atomic E-state index is 13.4. The molecule has 0 N–H and O–H groups in total. The van der Waals surface area contributed by atoms with Gasteiger partial charge in [0.2, 0.25) is 10.0 Å². The van der Waals surface area contributed by atoms with Crippen molar-refractivity contribution in [1.29, 1.82) is 0 Å². The fourth-order valence-corrected chi connectivity index (χ4v) is 5.92. The van der Waals surface area contributed by atoms with E-state index in [-0.39, 0.29) is 18.0 Å². The molecule has 0 aromatic heterocycles. The monoisotopic (exact) mass is 454 g/mol. The smallest absolute Gasteiger partial charge is 0.416 e. The maximum Gasteiger partial charge on any atom is 0.416 e. The Bertz CT molecular complexity index is 1060. The van der Waals surface area contributed by atoms with Crippen LogP contribution in [-0.2, 0) is 29.0 Å². The van der Waals surface area contributed by atoms with Gasteiger partial charge in [-0.15, -0.1) is 0 Å². The summed E-state index contributed by atoms with van der Waals surface area (Å²) in [5.74, 6) is 0.348. The van der Waals surface area contributed by atoms with Gasteiger partial charge in [0.05, 0.1) is 12.7 Å². The van der Waals surface area contributed by atoms with Crippen LogP contribution < -0.4 is 9.64 Å². The summed E-state index contributed by atoms with van der Waals surface area (Å²) in [6, 6.07) is 8.70.